The zero-order valence-corrected chi connectivity index (χ0v) is 11.8. The second-order valence-corrected chi connectivity index (χ2v) is 4.37. The van der Waals surface area contributed by atoms with Crippen LogP contribution in [0.1, 0.15) is 36.8 Å². The van der Waals surface area contributed by atoms with Gasteiger partial charge in [0.05, 0.1) is 13.2 Å². The van der Waals surface area contributed by atoms with E-state index in [4.69, 9.17) is 13.9 Å². The number of hydrogen-bond donors (Lipinski definition) is 1. The van der Waals surface area contributed by atoms with E-state index in [1.54, 1.807) is 7.11 Å². The van der Waals surface area contributed by atoms with Crippen LogP contribution < -0.4 is 5.32 Å². The molecule has 0 aliphatic rings. The van der Waals surface area contributed by atoms with E-state index >= 15 is 0 Å². The highest BCUT2D eigenvalue weighted by atomic mass is 16.5. The van der Waals surface area contributed by atoms with Gasteiger partial charge in [-0.25, -0.2) is 0 Å². The molecule has 0 fully saturated rings. The van der Waals surface area contributed by atoms with Gasteiger partial charge < -0.3 is 19.2 Å². The fraction of sp³-hybridized carbons (Fsp3) is 0.714. The van der Waals surface area contributed by atoms with Crippen LogP contribution in [0.3, 0.4) is 0 Å². The van der Waals surface area contributed by atoms with Gasteiger partial charge in [-0.1, -0.05) is 6.92 Å². The van der Waals surface area contributed by atoms with Crippen LogP contribution in [0.25, 0.3) is 0 Å². The molecule has 4 nitrogen and oxygen atoms in total. The molecule has 1 N–H and O–H groups in total. The third-order valence-electron chi connectivity index (χ3n) is 2.69. The molecule has 0 bridgehead atoms. The molecule has 0 atom stereocenters. The molecule has 0 unspecified atom stereocenters. The summed E-state index contributed by atoms with van der Waals surface area (Å²) in [4.78, 5) is 0. The van der Waals surface area contributed by atoms with Gasteiger partial charge in [-0.2, -0.15) is 0 Å². The van der Waals surface area contributed by atoms with Gasteiger partial charge in [0, 0.05) is 25.9 Å². The first-order chi connectivity index (χ1) is 8.77. The molecule has 1 aromatic heterocycles. The maximum Gasteiger partial charge on any atom is 0.118 e. The summed E-state index contributed by atoms with van der Waals surface area (Å²) in [5.41, 5.74) is 1.14. The fourth-order valence-electron chi connectivity index (χ4n) is 1.69. The Hall–Kier alpha value is -0.840. The minimum atomic E-state index is 0.618. The van der Waals surface area contributed by atoms with Crippen molar-refractivity contribution >= 4 is 0 Å². The van der Waals surface area contributed by atoms with Crippen LogP contribution in [0.4, 0.5) is 0 Å². The lowest BCUT2D eigenvalue weighted by Crippen LogP contribution is -2.13. The lowest BCUT2D eigenvalue weighted by atomic mass is 10.2. The molecule has 0 amide bonds. The number of hydrogen-bond acceptors (Lipinski definition) is 4. The summed E-state index contributed by atoms with van der Waals surface area (Å²) in [5.74, 6) is 1.94. The van der Waals surface area contributed by atoms with Crippen molar-refractivity contribution in [3.05, 3.63) is 23.2 Å². The van der Waals surface area contributed by atoms with Crippen molar-refractivity contribution < 1.29 is 13.9 Å². The van der Waals surface area contributed by atoms with E-state index in [9.17, 15) is 0 Å². The van der Waals surface area contributed by atoms with Crippen LogP contribution in [0.2, 0.25) is 0 Å². The average molecular weight is 255 g/mol. The maximum atomic E-state index is 5.67. The van der Waals surface area contributed by atoms with E-state index in [1.165, 1.54) is 0 Å². The molecule has 1 heterocycles. The lowest BCUT2D eigenvalue weighted by Gasteiger charge is -2.02. The Morgan fingerprint density at radius 3 is 2.89 bits per heavy atom. The summed E-state index contributed by atoms with van der Waals surface area (Å²) in [7, 11) is 1.70. The Morgan fingerprint density at radius 1 is 1.33 bits per heavy atom. The Kier molecular flexibility index (Phi) is 7.73. The average Bonchev–Trinajstić information content (AvgIpc) is 2.70. The topological polar surface area (TPSA) is 43.6 Å². The highest BCUT2D eigenvalue weighted by molar-refractivity contribution is 5.19. The van der Waals surface area contributed by atoms with Crippen molar-refractivity contribution in [2.75, 3.05) is 26.9 Å². The summed E-state index contributed by atoms with van der Waals surface area (Å²) < 4.78 is 16.2. The quantitative estimate of drug-likeness (QED) is 0.653. The standard InChI is InChI=1S/C14H25NO3/c1-4-6-15-10-14-9-13(12(2)18-14)11-17-8-5-7-16-3/h9,15H,4-8,10-11H2,1-3H3. The number of nitrogens with one attached hydrogen (secondary N) is 1. The third-order valence-corrected chi connectivity index (χ3v) is 2.69. The van der Waals surface area contributed by atoms with Gasteiger partial charge in [0.15, 0.2) is 0 Å². The minimum absolute atomic E-state index is 0.618. The van der Waals surface area contributed by atoms with Gasteiger partial charge in [-0.15, -0.1) is 0 Å². The Labute approximate surface area is 110 Å². The second-order valence-electron chi connectivity index (χ2n) is 4.37. The highest BCUT2D eigenvalue weighted by Crippen LogP contribution is 2.15. The molecular formula is C14H25NO3. The van der Waals surface area contributed by atoms with Gasteiger partial charge in [0.25, 0.3) is 0 Å². The SMILES string of the molecule is CCCNCc1cc(COCCCOC)c(C)o1. The van der Waals surface area contributed by atoms with Crippen LogP contribution in [-0.4, -0.2) is 26.9 Å². The van der Waals surface area contributed by atoms with Crippen LogP contribution >= 0.6 is 0 Å². The van der Waals surface area contributed by atoms with Crippen molar-refractivity contribution in [1.82, 2.24) is 5.32 Å². The van der Waals surface area contributed by atoms with Gasteiger partial charge >= 0.3 is 0 Å². The minimum Gasteiger partial charge on any atom is -0.465 e. The molecule has 0 aliphatic carbocycles. The maximum absolute atomic E-state index is 5.67. The molecule has 1 rings (SSSR count). The summed E-state index contributed by atoms with van der Waals surface area (Å²) in [6, 6.07) is 2.08. The van der Waals surface area contributed by atoms with Gasteiger partial charge in [-0.05, 0) is 32.4 Å². The number of ether oxygens (including phenoxy) is 2. The molecule has 0 aromatic carbocycles. The van der Waals surface area contributed by atoms with Crippen molar-refractivity contribution in [2.24, 2.45) is 0 Å². The number of rotatable bonds is 10. The zero-order valence-electron chi connectivity index (χ0n) is 11.8. The zero-order chi connectivity index (χ0) is 13.2. The first-order valence-electron chi connectivity index (χ1n) is 6.63. The molecule has 0 aliphatic heterocycles. The summed E-state index contributed by atoms with van der Waals surface area (Å²) in [6.45, 7) is 8.03. The van der Waals surface area contributed by atoms with Crippen molar-refractivity contribution in [3.63, 3.8) is 0 Å². The Morgan fingerprint density at radius 2 is 2.17 bits per heavy atom. The van der Waals surface area contributed by atoms with E-state index in [1.807, 2.05) is 6.92 Å². The molecule has 4 heteroatoms. The van der Waals surface area contributed by atoms with Gasteiger partial charge in [0.2, 0.25) is 0 Å². The monoisotopic (exact) mass is 255 g/mol. The van der Waals surface area contributed by atoms with Gasteiger partial charge in [-0.3, -0.25) is 0 Å². The van der Waals surface area contributed by atoms with Crippen molar-refractivity contribution in [1.29, 1.82) is 0 Å². The Bertz CT molecular complexity index is 323. The number of aryl methyl sites for hydroxylation is 1. The first-order valence-corrected chi connectivity index (χ1v) is 6.63. The highest BCUT2D eigenvalue weighted by Gasteiger charge is 2.07. The molecule has 0 radical (unpaired) electrons. The largest absolute Gasteiger partial charge is 0.465 e. The van der Waals surface area contributed by atoms with Crippen LogP contribution in [0, 0.1) is 6.92 Å². The first kappa shape index (κ1) is 15.2. The van der Waals surface area contributed by atoms with Crippen molar-refractivity contribution in [3.8, 4) is 0 Å². The summed E-state index contributed by atoms with van der Waals surface area (Å²) >= 11 is 0. The number of furan rings is 1. The molecule has 0 spiro atoms. The van der Waals surface area contributed by atoms with E-state index in [2.05, 4.69) is 18.3 Å². The third kappa shape index (κ3) is 5.67. The predicted octanol–water partition coefficient (Wildman–Crippen LogP) is 2.64. The molecule has 0 saturated heterocycles. The van der Waals surface area contributed by atoms with Gasteiger partial charge in [0.1, 0.15) is 11.5 Å². The molecule has 104 valence electrons. The van der Waals surface area contributed by atoms with Crippen LogP contribution in [0.5, 0.6) is 0 Å². The smallest absolute Gasteiger partial charge is 0.118 e. The van der Waals surface area contributed by atoms with E-state index in [0.717, 1.165) is 56.2 Å². The van der Waals surface area contributed by atoms with E-state index in [0.29, 0.717) is 6.61 Å². The van der Waals surface area contributed by atoms with Crippen LogP contribution in [-0.2, 0) is 22.6 Å². The van der Waals surface area contributed by atoms with E-state index in [-0.39, 0.29) is 0 Å². The molecule has 1 aromatic rings. The summed E-state index contributed by atoms with van der Waals surface area (Å²) in [5, 5.41) is 3.32. The number of methoxy groups -OCH3 is 1. The predicted molar refractivity (Wildman–Crippen MR) is 71.6 cm³/mol. The molecular weight excluding hydrogens is 230 g/mol. The molecule has 0 saturated carbocycles. The summed E-state index contributed by atoms with van der Waals surface area (Å²) in [6.07, 6.45) is 2.06. The molecule has 18 heavy (non-hydrogen) atoms. The lowest BCUT2D eigenvalue weighted by molar-refractivity contribution is 0.0922. The second kappa shape index (κ2) is 9.14. The fourth-order valence-corrected chi connectivity index (χ4v) is 1.69. The Balaban J connectivity index is 2.27. The van der Waals surface area contributed by atoms with Crippen molar-refractivity contribution in [2.45, 2.75) is 39.8 Å². The van der Waals surface area contributed by atoms with Crippen LogP contribution in [0.15, 0.2) is 10.5 Å². The normalized spacial score (nSPS) is 11.1. The van der Waals surface area contributed by atoms with E-state index < -0.39 is 0 Å².